The molecule has 0 aliphatic carbocycles. The van der Waals surface area contributed by atoms with E-state index < -0.39 is 0 Å². The molecule has 3 aromatic rings. The number of hydrogen-bond donors (Lipinski definition) is 2. The second kappa shape index (κ2) is 6.73. The summed E-state index contributed by atoms with van der Waals surface area (Å²) in [5.41, 5.74) is 2.03. The molecule has 0 aliphatic rings. The zero-order chi connectivity index (χ0) is 15.5. The van der Waals surface area contributed by atoms with Gasteiger partial charge in [0.05, 0.1) is 16.6 Å². The molecule has 0 saturated carbocycles. The Hall–Kier alpha value is -1.49. The Morgan fingerprint density at radius 2 is 2.14 bits per heavy atom. The number of benzene rings is 1. The van der Waals surface area contributed by atoms with Crippen molar-refractivity contribution in [1.29, 1.82) is 0 Å². The number of aromatic nitrogens is 2. The van der Waals surface area contributed by atoms with Gasteiger partial charge in [-0.05, 0) is 35.6 Å². The van der Waals surface area contributed by atoms with Crippen LogP contribution in [0.25, 0.3) is 10.6 Å². The minimum Gasteiger partial charge on any atom is -0.362 e. The molecule has 1 atom stereocenters. The Morgan fingerprint density at radius 3 is 2.82 bits per heavy atom. The maximum atomic E-state index is 6.30. The van der Waals surface area contributed by atoms with Gasteiger partial charge in [-0.3, -0.25) is 5.10 Å². The second-order valence-electron chi connectivity index (χ2n) is 4.92. The van der Waals surface area contributed by atoms with Crippen molar-refractivity contribution in [2.75, 3.05) is 5.32 Å². The summed E-state index contributed by atoms with van der Waals surface area (Å²) in [6.07, 6.45) is 0.891. The van der Waals surface area contributed by atoms with E-state index in [1.54, 1.807) is 17.4 Å². The standard InChI is InChI=1S/C16H15Cl2N3S/c1-2-13(11-6-5-10(17)8-12(11)18)19-16-9-14(20-21-16)15-4-3-7-22-15/h3-9,13H,2H2,1H3,(H2,19,20,21). The van der Waals surface area contributed by atoms with Crippen LogP contribution in [0.1, 0.15) is 24.9 Å². The van der Waals surface area contributed by atoms with Gasteiger partial charge < -0.3 is 5.32 Å². The summed E-state index contributed by atoms with van der Waals surface area (Å²) in [4.78, 5) is 1.16. The predicted octanol–water partition coefficient (Wildman–Crippen LogP) is 6.01. The molecule has 0 radical (unpaired) electrons. The quantitative estimate of drug-likeness (QED) is 0.590. The summed E-state index contributed by atoms with van der Waals surface area (Å²) in [6.45, 7) is 2.11. The highest BCUT2D eigenvalue weighted by Crippen LogP contribution is 2.31. The van der Waals surface area contributed by atoms with Crippen LogP contribution in [0.2, 0.25) is 10.0 Å². The summed E-state index contributed by atoms with van der Waals surface area (Å²) in [6, 6.07) is 11.8. The van der Waals surface area contributed by atoms with E-state index in [0.717, 1.165) is 28.4 Å². The van der Waals surface area contributed by atoms with Gasteiger partial charge in [0.1, 0.15) is 5.82 Å². The van der Waals surface area contributed by atoms with Crippen molar-refractivity contribution >= 4 is 40.4 Å². The molecule has 3 nitrogen and oxygen atoms in total. The molecule has 0 fully saturated rings. The Bertz CT molecular complexity index is 753. The topological polar surface area (TPSA) is 40.7 Å². The van der Waals surface area contributed by atoms with E-state index in [2.05, 4.69) is 28.5 Å². The van der Waals surface area contributed by atoms with Gasteiger partial charge in [0.2, 0.25) is 0 Å². The third kappa shape index (κ3) is 3.29. The van der Waals surface area contributed by atoms with Crippen LogP contribution in [0.4, 0.5) is 5.82 Å². The van der Waals surface area contributed by atoms with E-state index in [0.29, 0.717) is 10.0 Å². The Labute approximate surface area is 143 Å². The van der Waals surface area contributed by atoms with Crippen LogP contribution in [0.5, 0.6) is 0 Å². The van der Waals surface area contributed by atoms with Crippen molar-refractivity contribution in [3.8, 4) is 10.6 Å². The van der Waals surface area contributed by atoms with E-state index in [-0.39, 0.29) is 6.04 Å². The molecule has 3 rings (SSSR count). The van der Waals surface area contributed by atoms with Crippen molar-refractivity contribution in [3.05, 3.63) is 57.4 Å². The lowest BCUT2D eigenvalue weighted by Crippen LogP contribution is -2.10. The molecule has 114 valence electrons. The van der Waals surface area contributed by atoms with Gasteiger partial charge in [-0.2, -0.15) is 5.10 Å². The number of nitrogens with one attached hydrogen (secondary N) is 2. The number of rotatable bonds is 5. The lowest BCUT2D eigenvalue weighted by molar-refractivity contribution is 0.744. The number of nitrogens with zero attached hydrogens (tertiary/aromatic N) is 1. The highest BCUT2D eigenvalue weighted by Gasteiger charge is 2.15. The fraction of sp³-hybridized carbons (Fsp3) is 0.188. The highest BCUT2D eigenvalue weighted by atomic mass is 35.5. The molecule has 0 saturated heterocycles. The fourth-order valence-electron chi connectivity index (χ4n) is 2.32. The lowest BCUT2D eigenvalue weighted by Gasteiger charge is -2.18. The second-order valence-corrected chi connectivity index (χ2v) is 6.71. The van der Waals surface area contributed by atoms with E-state index in [9.17, 15) is 0 Å². The largest absolute Gasteiger partial charge is 0.362 e. The van der Waals surface area contributed by atoms with Gasteiger partial charge in [-0.25, -0.2) is 0 Å². The van der Waals surface area contributed by atoms with Crippen LogP contribution < -0.4 is 5.32 Å². The van der Waals surface area contributed by atoms with Crippen molar-refractivity contribution in [2.45, 2.75) is 19.4 Å². The third-order valence-corrected chi connectivity index (χ3v) is 4.90. The number of H-pyrrole nitrogens is 1. The van der Waals surface area contributed by atoms with Crippen LogP contribution >= 0.6 is 34.5 Å². The van der Waals surface area contributed by atoms with Crippen molar-refractivity contribution in [2.24, 2.45) is 0 Å². The summed E-state index contributed by atoms with van der Waals surface area (Å²) in [5.74, 6) is 0.807. The number of aromatic amines is 1. The summed E-state index contributed by atoms with van der Waals surface area (Å²) >= 11 is 13.9. The molecule has 22 heavy (non-hydrogen) atoms. The first-order valence-electron chi connectivity index (χ1n) is 6.98. The third-order valence-electron chi connectivity index (χ3n) is 3.43. The monoisotopic (exact) mass is 351 g/mol. The average molecular weight is 352 g/mol. The van der Waals surface area contributed by atoms with Gasteiger partial charge in [0.15, 0.2) is 0 Å². The van der Waals surface area contributed by atoms with Gasteiger partial charge in [0.25, 0.3) is 0 Å². The molecule has 1 aromatic carbocycles. The highest BCUT2D eigenvalue weighted by molar-refractivity contribution is 7.13. The van der Waals surface area contributed by atoms with Crippen molar-refractivity contribution in [1.82, 2.24) is 10.2 Å². The maximum absolute atomic E-state index is 6.30. The van der Waals surface area contributed by atoms with E-state index in [1.807, 2.05) is 29.6 Å². The van der Waals surface area contributed by atoms with E-state index in [4.69, 9.17) is 23.2 Å². The lowest BCUT2D eigenvalue weighted by atomic mass is 10.0. The Kier molecular flexibility index (Phi) is 4.71. The number of hydrogen-bond acceptors (Lipinski definition) is 3. The Balaban J connectivity index is 1.81. The van der Waals surface area contributed by atoms with E-state index in [1.165, 1.54) is 0 Å². The zero-order valence-corrected chi connectivity index (χ0v) is 14.3. The molecular weight excluding hydrogens is 337 g/mol. The first-order chi connectivity index (χ1) is 10.7. The molecule has 1 unspecified atom stereocenters. The van der Waals surface area contributed by atoms with Crippen molar-refractivity contribution < 1.29 is 0 Å². The molecule has 0 spiro atoms. The molecule has 2 aromatic heterocycles. The minimum atomic E-state index is 0.0873. The molecule has 0 bridgehead atoms. The molecular formula is C16H15Cl2N3S. The van der Waals surface area contributed by atoms with Crippen molar-refractivity contribution in [3.63, 3.8) is 0 Å². The van der Waals surface area contributed by atoms with Crippen LogP contribution in [-0.4, -0.2) is 10.2 Å². The number of halogens is 2. The van der Waals surface area contributed by atoms with Crippen LogP contribution in [-0.2, 0) is 0 Å². The van der Waals surface area contributed by atoms with Gasteiger partial charge in [0, 0.05) is 16.1 Å². The predicted molar refractivity (Wildman–Crippen MR) is 95.0 cm³/mol. The fourth-order valence-corrected chi connectivity index (χ4v) is 3.55. The molecule has 0 aliphatic heterocycles. The normalized spacial score (nSPS) is 12.3. The van der Waals surface area contributed by atoms with Crippen LogP contribution in [0.3, 0.4) is 0 Å². The van der Waals surface area contributed by atoms with E-state index >= 15 is 0 Å². The average Bonchev–Trinajstić information content (AvgIpc) is 3.16. The smallest absolute Gasteiger partial charge is 0.148 e. The molecule has 2 N–H and O–H groups in total. The first-order valence-corrected chi connectivity index (χ1v) is 8.61. The van der Waals surface area contributed by atoms with Gasteiger partial charge in [-0.15, -0.1) is 11.3 Å². The molecule has 2 heterocycles. The summed E-state index contributed by atoms with van der Waals surface area (Å²) in [7, 11) is 0. The molecule has 0 amide bonds. The zero-order valence-electron chi connectivity index (χ0n) is 11.9. The van der Waals surface area contributed by atoms with Crippen LogP contribution in [0.15, 0.2) is 41.8 Å². The number of thiophene rings is 1. The van der Waals surface area contributed by atoms with Crippen LogP contribution in [0, 0.1) is 0 Å². The summed E-state index contributed by atoms with van der Waals surface area (Å²) in [5, 5.41) is 14.2. The number of anilines is 1. The SMILES string of the molecule is CCC(Nc1cc(-c2cccs2)[nH]n1)c1ccc(Cl)cc1Cl. The Morgan fingerprint density at radius 1 is 1.27 bits per heavy atom. The van der Waals surface area contributed by atoms with Gasteiger partial charge in [-0.1, -0.05) is 42.3 Å². The maximum Gasteiger partial charge on any atom is 0.148 e. The summed E-state index contributed by atoms with van der Waals surface area (Å²) < 4.78 is 0. The minimum absolute atomic E-state index is 0.0873. The first kappa shape index (κ1) is 15.4. The van der Waals surface area contributed by atoms with Gasteiger partial charge >= 0.3 is 0 Å². The molecule has 6 heteroatoms.